The average Bonchev–Trinajstić information content (AvgIpc) is 2.70. The Morgan fingerprint density at radius 2 is 2.00 bits per heavy atom. The Hall–Kier alpha value is -2.86. The lowest BCUT2D eigenvalue weighted by atomic mass is 9.97. The summed E-state index contributed by atoms with van der Waals surface area (Å²) in [5, 5.41) is 5.43. The van der Waals surface area contributed by atoms with Gasteiger partial charge in [-0.1, -0.05) is 30.3 Å². The van der Waals surface area contributed by atoms with Gasteiger partial charge < -0.3 is 20.1 Å². The summed E-state index contributed by atoms with van der Waals surface area (Å²) < 4.78 is 10.9. The zero-order valence-electron chi connectivity index (χ0n) is 14.7. The third kappa shape index (κ3) is 4.40. The van der Waals surface area contributed by atoms with E-state index in [4.69, 9.17) is 9.47 Å². The van der Waals surface area contributed by atoms with Gasteiger partial charge in [-0.15, -0.1) is 0 Å². The van der Waals surface area contributed by atoms with Crippen molar-refractivity contribution < 1.29 is 19.1 Å². The minimum absolute atomic E-state index is 0.0928. The quantitative estimate of drug-likeness (QED) is 0.830. The van der Waals surface area contributed by atoms with Gasteiger partial charge in [-0.25, -0.2) is 0 Å². The van der Waals surface area contributed by atoms with E-state index < -0.39 is 0 Å². The maximum absolute atomic E-state index is 12.1. The molecule has 1 aliphatic heterocycles. The van der Waals surface area contributed by atoms with Crippen molar-refractivity contribution >= 4 is 11.8 Å². The van der Waals surface area contributed by atoms with Crippen molar-refractivity contribution in [3.05, 3.63) is 65.2 Å². The highest BCUT2D eigenvalue weighted by molar-refractivity contribution is 5.96. The SMILES string of the molecule is COc1cccc(C(=O)NCC(=O)NCC2OCCc3ccccc32)c1. The van der Waals surface area contributed by atoms with Gasteiger partial charge in [0.05, 0.1) is 20.3 Å². The third-order valence-corrected chi connectivity index (χ3v) is 4.32. The fraction of sp³-hybridized carbons (Fsp3) is 0.300. The van der Waals surface area contributed by atoms with Crippen LogP contribution in [0.4, 0.5) is 0 Å². The molecule has 2 amide bonds. The monoisotopic (exact) mass is 354 g/mol. The molecular weight excluding hydrogens is 332 g/mol. The minimum atomic E-state index is -0.321. The molecule has 136 valence electrons. The van der Waals surface area contributed by atoms with Gasteiger partial charge >= 0.3 is 0 Å². The van der Waals surface area contributed by atoms with Gasteiger partial charge in [0, 0.05) is 12.1 Å². The molecule has 0 aliphatic carbocycles. The second kappa shape index (κ2) is 8.49. The van der Waals surface area contributed by atoms with Gasteiger partial charge in [0.25, 0.3) is 5.91 Å². The maximum atomic E-state index is 12.1. The van der Waals surface area contributed by atoms with Crippen molar-refractivity contribution in [1.82, 2.24) is 10.6 Å². The number of carbonyl (C=O) groups excluding carboxylic acids is 2. The van der Waals surface area contributed by atoms with Crippen molar-refractivity contribution in [3.63, 3.8) is 0 Å². The Labute approximate surface area is 152 Å². The Morgan fingerprint density at radius 1 is 1.15 bits per heavy atom. The van der Waals surface area contributed by atoms with Crippen LogP contribution in [0.3, 0.4) is 0 Å². The van der Waals surface area contributed by atoms with E-state index in [-0.39, 0.29) is 24.5 Å². The second-order valence-corrected chi connectivity index (χ2v) is 6.03. The summed E-state index contributed by atoms with van der Waals surface area (Å²) in [6, 6.07) is 14.9. The number of ether oxygens (including phenoxy) is 2. The molecule has 26 heavy (non-hydrogen) atoms. The van der Waals surface area contributed by atoms with Crippen LogP contribution in [-0.2, 0) is 16.0 Å². The molecule has 2 aromatic carbocycles. The maximum Gasteiger partial charge on any atom is 0.251 e. The van der Waals surface area contributed by atoms with Crippen LogP contribution in [0.2, 0.25) is 0 Å². The summed E-state index contributed by atoms with van der Waals surface area (Å²) in [5.74, 6) is 0.0152. The molecule has 6 heteroatoms. The number of fused-ring (bicyclic) bond motifs is 1. The highest BCUT2D eigenvalue weighted by Gasteiger charge is 2.20. The van der Waals surface area contributed by atoms with E-state index in [1.165, 1.54) is 12.7 Å². The number of hydrogen-bond donors (Lipinski definition) is 2. The predicted octanol–water partition coefficient (Wildman–Crippen LogP) is 1.86. The van der Waals surface area contributed by atoms with Crippen LogP contribution in [0.25, 0.3) is 0 Å². The summed E-state index contributed by atoms with van der Waals surface area (Å²) in [5.41, 5.74) is 2.81. The number of methoxy groups -OCH3 is 1. The number of benzene rings is 2. The second-order valence-electron chi connectivity index (χ2n) is 6.03. The van der Waals surface area contributed by atoms with Gasteiger partial charge in [-0.3, -0.25) is 9.59 Å². The first-order valence-electron chi connectivity index (χ1n) is 8.55. The van der Waals surface area contributed by atoms with Crippen molar-refractivity contribution in [2.75, 3.05) is 26.8 Å². The van der Waals surface area contributed by atoms with E-state index in [0.29, 0.717) is 24.5 Å². The molecule has 1 atom stereocenters. The lowest BCUT2D eigenvalue weighted by Gasteiger charge is -2.26. The molecule has 2 aromatic rings. The van der Waals surface area contributed by atoms with Crippen LogP contribution in [0, 0.1) is 0 Å². The first kappa shape index (κ1) is 17.9. The summed E-state index contributed by atoms with van der Waals surface area (Å²) in [4.78, 5) is 24.2. The van der Waals surface area contributed by atoms with E-state index in [2.05, 4.69) is 16.7 Å². The topological polar surface area (TPSA) is 76.7 Å². The van der Waals surface area contributed by atoms with Crippen LogP contribution in [0.5, 0.6) is 5.75 Å². The van der Waals surface area contributed by atoms with Crippen LogP contribution >= 0.6 is 0 Å². The van der Waals surface area contributed by atoms with Gasteiger partial charge in [0.2, 0.25) is 5.91 Å². The van der Waals surface area contributed by atoms with E-state index in [0.717, 1.165) is 12.0 Å². The molecule has 0 fully saturated rings. The Morgan fingerprint density at radius 3 is 2.85 bits per heavy atom. The molecule has 6 nitrogen and oxygen atoms in total. The number of hydrogen-bond acceptors (Lipinski definition) is 4. The summed E-state index contributed by atoms with van der Waals surface area (Å²) in [6.07, 6.45) is 0.731. The van der Waals surface area contributed by atoms with Gasteiger partial charge in [-0.2, -0.15) is 0 Å². The fourth-order valence-electron chi connectivity index (χ4n) is 2.94. The normalized spacial score (nSPS) is 15.7. The average molecular weight is 354 g/mol. The smallest absolute Gasteiger partial charge is 0.251 e. The molecule has 0 radical (unpaired) electrons. The van der Waals surface area contributed by atoms with E-state index in [9.17, 15) is 9.59 Å². The van der Waals surface area contributed by atoms with E-state index in [1.54, 1.807) is 24.3 Å². The molecule has 0 bridgehead atoms. The number of rotatable bonds is 6. The Bertz CT molecular complexity index is 791. The first-order chi connectivity index (χ1) is 12.7. The highest BCUT2D eigenvalue weighted by Crippen LogP contribution is 2.26. The molecule has 3 rings (SSSR count). The molecule has 0 saturated carbocycles. The zero-order chi connectivity index (χ0) is 18.4. The van der Waals surface area contributed by atoms with Gasteiger partial charge in [0.15, 0.2) is 0 Å². The lowest BCUT2D eigenvalue weighted by molar-refractivity contribution is -0.120. The zero-order valence-corrected chi connectivity index (χ0v) is 14.7. The molecular formula is C20H22N2O4. The van der Waals surface area contributed by atoms with Crippen molar-refractivity contribution in [2.24, 2.45) is 0 Å². The van der Waals surface area contributed by atoms with Crippen molar-refractivity contribution in [3.8, 4) is 5.75 Å². The largest absolute Gasteiger partial charge is 0.497 e. The Balaban J connectivity index is 1.48. The van der Waals surface area contributed by atoms with Crippen LogP contribution in [-0.4, -0.2) is 38.6 Å². The van der Waals surface area contributed by atoms with Crippen molar-refractivity contribution in [1.29, 1.82) is 0 Å². The molecule has 1 aliphatic rings. The van der Waals surface area contributed by atoms with Crippen LogP contribution in [0.15, 0.2) is 48.5 Å². The third-order valence-electron chi connectivity index (χ3n) is 4.32. The number of amides is 2. The highest BCUT2D eigenvalue weighted by atomic mass is 16.5. The van der Waals surface area contributed by atoms with Crippen molar-refractivity contribution in [2.45, 2.75) is 12.5 Å². The summed E-state index contributed by atoms with van der Waals surface area (Å²) in [7, 11) is 1.54. The van der Waals surface area contributed by atoms with Gasteiger partial charge in [-0.05, 0) is 35.7 Å². The summed E-state index contributed by atoms with van der Waals surface area (Å²) >= 11 is 0. The molecule has 0 saturated heterocycles. The molecule has 0 aromatic heterocycles. The molecule has 1 heterocycles. The standard InChI is InChI=1S/C20H22N2O4/c1-25-16-7-4-6-15(11-16)20(24)22-13-19(23)21-12-18-17-8-3-2-5-14(17)9-10-26-18/h2-8,11,18H,9-10,12-13H2,1H3,(H,21,23)(H,22,24). The fourth-order valence-corrected chi connectivity index (χ4v) is 2.94. The summed E-state index contributed by atoms with van der Waals surface area (Å²) in [6.45, 7) is 0.930. The Kier molecular flexibility index (Phi) is 5.86. The molecule has 2 N–H and O–H groups in total. The van der Waals surface area contributed by atoms with E-state index in [1.807, 2.05) is 18.2 Å². The first-order valence-corrected chi connectivity index (χ1v) is 8.55. The van der Waals surface area contributed by atoms with Gasteiger partial charge in [0.1, 0.15) is 11.9 Å². The van der Waals surface area contributed by atoms with E-state index >= 15 is 0 Å². The lowest BCUT2D eigenvalue weighted by Crippen LogP contribution is -2.39. The van der Waals surface area contributed by atoms with Crippen LogP contribution in [0.1, 0.15) is 27.6 Å². The minimum Gasteiger partial charge on any atom is -0.497 e. The molecule has 1 unspecified atom stereocenters. The number of carbonyl (C=O) groups is 2. The predicted molar refractivity (Wildman–Crippen MR) is 97.2 cm³/mol. The van der Waals surface area contributed by atoms with Crippen LogP contribution < -0.4 is 15.4 Å². The number of nitrogens with one attached hydrogen (secondary N) is 2. The molecule has 0 spiro atoms.